The number of allylic oxidation sites excluding steroid dienone is 2. The maximum absolute atomic E-state index is 7.26. The van der Waals surface area contributed by atoms with Gasteiger partial charge < -0.3 is 0 Å². The minimum Gasteiger partial charge on any atom is -0.102 e. The Balaban J connectivity index is 2.25. The largest absolute Gasteiger partial charge is 0.102 e. The molecular formula is C11H16. The first kappa shape index (κ1) is 5.18. The van der Waals surface area contributed by atoms with Crippen LogP contribution in [-0.4, -0.2) is 0 Å². The van der Waals surface area contributed by atoms with Crippen LogP contribution < -0.4 is 0 Å². The molecule has 0 bridgehead atoms. The van der Waals surface area contributed by atoms with Crippen LogP contribution in [-0.2, 0) is 0 Å². The first-order valence-electron chi connectivity index (χ1n) is 5.48. The minimum absolute atomic E-state index is 0.0127. The summed E-state index contributed by atoms with van der Waals surface area (Å²) in [6, 6.07) is 0. The highest BCUT2D eigenvalue weighted by Crippen LogP contribution is 2.59. The lowest BCUT2D eigenvalue weighted by molar-refractivity contribution is 0.367. The highest BCUT2D eigenvalue weighted by Gasteiger charge is 2.50. The van der Waals surface area contributed by atoms with Gasteiger partial charge in [0.05, 0.1) is 2.74 Å². The minimum atomic E-state index is -0.0429. The van der Waals surface area contributed by atoms with Gasteiger partial charge in [0.15, 0.2) is 0 Å². The first-order valence-corrected chi connectivity index (χ1v) is 4.48. The fraction of sp³-hybridized carbons (Fsp3) is 0.636. The number of hydrogen-bond donors (Lipinski definition) is 0. The quantitative estimate of drug-likeness (QED) is 0.540. The van der Waals surface area contributed by atoms with E-state index >= 15 is 0 Å². The topological polar surface area (TPSA) is 0 Å². The smallest absolute Gasteiger partial charge is 0.0535 e. The third kappa shape index (κ3) is 0.962. The molecule has 0 aromatic carbocycles. The van der Waals surface area contributed by atoms with Crippen molar-refractivity contribution in [2.45, 2.75) is 25.7 Å². The van der Waals surface area contributed by atoms with Gasteiger partial charge in [0.2, 0.25) is 0 Å². The Morgan fingerprint density at radius 1 is 1.18 bits per heavy atom. The number of rotatable bonds is 4. The van der Waals surface area contributed by atoms with Crippen LogP contribution in [0, 0.1) is 17.3 Å². The van der Waals surface area contributed by atoms with Gasteiger partial charge in [-0.3, -0.25) is 0 Å². The Bertz CT molecular complexity index is 231. The lowest BCUT2D eigenvalue weighted by Crippen LogP contribution is -2.19. The second-order valence-electron chi connectivity index (χ2n) is 3.90. The zero-order valence-corrected chi connectivity index (χ0v) is 6.84. The average molecular weight is 150 g/mol. The van der Waals surface area contributed by atoms with Crippen molar-refractivity contribution in [1.29, 1.82) is 0 Å². The zero-order valence-electron chi connectivity index (χ0n) is 8.84. The first-order chi connectivity index (χ1) is 6.19. The van der Waals surface area contributed by atoms with E-state index in [1.54, 1.807) is 0 Å². The van der Waals surface area contributed by atoms with Crippen LogP contribution in [0.3, 0.4) is 0 Å². The molecule has 0 radical (unpaired) electrons. The van der Waals surface area contributed by atoms with Crippen LogP contribution in [0.25, 0.3) is 0 Å². The number of hydrogen-bond acceptors (Lipinski definition) is 0. The lowest BCUT2D eigenvalue weighted by Gasteiger charge is -2.26. The molecule has 2 aliphatic rings. The summed E-state index contributed by atoms with van der Waals surface area (Å²) in [5.74, 6) is 1.37. The molecule has 11 heavy (non-hydrogen) atoms. The fourth-order valence-corrected chi connectivity index (χ4v) is 2.13. The van der Waals surface area contributed by atoms with Crippen LogP contribution >= 0.6 is 0 Å². The molecule has 0 N–H and O–H groups in total. The second-order valence-corrected chi connectivity index (χ2v) is 3.90. The summed E-state index contributed by atoms with van der Waals surface area (Å²) in [5.41, 5.74) is 0.0127. The summed E-state index contributed by atoms with van der Waals surface area (Å²) in [7, 11) is 0. The molecule has 0 heteroatoms. The standard InChI is InChI=1S/C11H16/c1-3-11(4-2,9-5-6-9)10-7-8-10/h3-4,9-10H,1-2,5-8H2/i1D2. The predicted molar refractivity (Wildman–Crippen MR) is 48.3 cm³/mol. The van der Waals surface area contributed by atoms with Crippen molar-refractivity contribution in [3.63, 3.8) is 0 Å². The van der Waals surface area contributed by atoms with Crippen molar-refractivity contribution in [1.82, 2.24) is 0 Å². The van der Waals surface area contributed by atoms with Crippen LogP contribution in [0.5, 0.6) is 0 Å². The summed E-state index contributed by atoms with van der Waals surface area (Å²) in [5, 5.41) is 0. The van der Waals surface area contributed by atoms with Gasteiger partial charge in [-0.15, -0.1) is 13.1 Å². The molecule has 0 nitrogen and oxygen atoms in total. The Labute approximate surface area is 71.8 Å². The molecule has 0 unspecified atom stereocenters. The summed E-state index contributed by atoms with van der Waals surface area (Å²) >= 11 is 0. The van der Waals surface area contributed by atoms with Crippen molar-refractivity contribution in [2.75, 3.05) is 0 Å². The van der Waals surface area contributed by atoms with E-state index in [9.17, 15) is 0 Å². The maximum Gasteiger partial charge on any atom is 0.0535 e. The molecule has 0 aliphatic heterocycles. The van der Waals surface area contributed by atoms with E-state index < -0.39 is 0 Å². The molecule has 0 spiro atoms. The van der Waals surface area contributed by atoms with Crippen molar-refractivity contribution in [3.8, 4) is 0 Å². The molecule has 2 fully saturated rings. The molecular weight excluding hydrogens is 132 g/mol. The van der Waals surface area contributed by atoms with Crippen molar-refractivity contribution >= 4 is 0 Å². The lowest BCUT2D eigenvalue weighted by atomic mass is 9.78. The van der Waals surface area contributed by atoms with Crippen molar-refractivity contribution in [3.05, 3.63) is 25.3 Å². The molecule has 0 heterocycles. The van der Waals surface area contributed by atoms with Gasteiger partial charge in [-0.25, -0.2) is 0 Å². The fourth-order valence-electron chi connectivity index (χ4n) is 2.13. The average Bonchev–Trinajstić information content (AvgIpc) is 2.83. The van der Waals surface area contributed by atoms with Crippen LogP contribution in [0.1, 0.15) is 28.4 Å². The van der Waals surface area contributed by atoms with Crippen LogP contribution in [0.2, 0.25) is 0 Å². The summed E-state index contributed by atoms with van der Waals surface area (Å²) in [4.78, 5) is 0. The van der Waals surface area contributed by atoms with Gasteiger partial charge in [0, 0.05) is 5.41 Å². The Hall–Kier alpha value is -0.520. The molecule has 60 valence electrons. The third-order valence-corrected chi connectivity index (χ3v) is 3.17. The summed E-state index contributed by atoms with van der Waals surface area (Å²) in [6.45, 7) is 3.85. The van der Waals surface area contributed by atoms with Crippen LogP contribution in [0.15, 0.2) is 25.3 Å². The van der Waals surface area contributed by atoms with E-state index in [-0.39, 0.29) is 11.9 Å². The second kappa shape index (κ2) is 2.23. The molecule has 2 aliphatic carbocycles. The van der Waals surface area contributed by atoms with E-state index in [4.69, 9.17) is 2.74 Å². The zero-order chi connectivity index (χ0) is 9.47. The Kier molecular flexibility index (Phi) is 1.05. The molecule has 0 amide bonds. The highest BCUT2D eigenvalue weighted by atomic mass is 14.5. The summed E-state index contributed by atoms with van der Waals surface area (Å²) < 4.78 is 14.5. The SMILES string of the molecule is [2H]C([2H])=CC(C=C)(C1CC1)C1CC1. The van der Waals surface area contributed by atoms with E-state index in [1.807, 2.05) is 12.2 Å². The molecule has 2 saturated carbocycles. The highest BCUT2D eigenvalue weighted by molar-refractivity contribution is 5.19. The van der Waals surface area contributed by atoms with Gasteiger partial charge in [0.25, 0.3) is 0 Å². The molecule has 2 rings (SSSR count). The van der Waals surface area contributed by atoms with Crippen molar-refractivity contribution in [2.24, 2.45) is 17.3 Å². The van der Waals surface area contributed by atoms with Gasteiger partial charge in [-0.1, -0.05) is 12.2 Å². The predicted octanol–water partition coefficient (Wildman–Crippen LogP) is 3.16. The van der Waals surface area contributed by atoms with Crippen molar-refractivity contribution < 1.29 is 2.74 Å². The normalized spacial score (nSPS) is 26.9. The molecule has 0 atom stereocenters. The van der Waals surface area contributed by atoms with Gasteiger partial charge >= 0.3 is 0 Å². The van der Waals surface area contributed by atoms with Gasteiger partial charge in [0.1, 0.15) is 0 Å². The maximum atomic E-state index is 7.26. The third-order valence-electron chi connectivity index (χ3n) is 3.17. The Morgan fingerprint density at radius 3 is 2.00 bits per heavy atom. The van der Waals surface area contributed by atoms with Crippen LogP contribution in [0.4, 0.5) is 0 Å². The van der Waals surface area contributed by atoms with E-state index in [0.29, 0.717) is 11.8 Å². The van der Waals surface area contributed by atoms with E-state index in [1.165, 1.54) is 25.7 Å². The van der Waals surface area contributed by atoms with Gasteiger partial charge in [-0.05, 0) is 37.5 Å². The van der Waals surface area contributed by atoms with Gasteiger partial charge in [-0.2, -0.15) is 0 Å². The van der Waals surface area contributed by atoms with E-state index in [0.717, 1.165) is 0 Å². The summed E-state index contributed by atoms with van der Waals surface area (Å²) in [6.07, 6.45) is 8.83. The molecule has 0 aromatic heterocycles. The van der Waals surface area contributed by atoms with E-state index in [2.05, 4.69) is 6.58 Å². The Morgan fingerprint density at radius 2 is 1.73 bits per heavy atom. The molecule has 0 aromatic rings. The molecule has 0 saturated heterocycles. The monoisotopic (exact) mass is 150 g/mol.